The van der Waals surface area contributed by atoms with Crippen molar-refractivity contribution in [3.63, 3.8) is 0 Å². The summed E-state index contributed by atoms with van der Waals surface area (Å²) < 4.78 is 10.6. The third kappa shape index (κ3) is 3.67. The molecule has 0 aliphatic carbocycles. The largest absolute Gasteiger partial charge is 0.354 e. The number of rotatable bonds is 7. The number of hydrogen-bond donors (Lipinski definition) is 1. The average Bonchev–Trinajstić information content (AvgIpc) is 3.32. The molecule has 2 heterocycles. The van der Waals surface area contributed by atoms with Gasteiger partial charge in [-0.05, 0) is 23.8 Å². The van der Waals surface area contributed by atoms with E-state index in [1.54, 1.807) is 23.1 Å². The van der Waals surface area contributed by atoms with Crippen LogP contribution in [0.25, 0.3) is 11.3 Å². The molecule has 1 N–H and O–H groups in total. The van der Waals surface area contributed by atoms with E-state index in [9.17, 15) is 14.9 Å². The van der Waals surface area contributed by atoms with Crippen LogP contribution in [0.15, 0.2) is 48.5 Å². The highest BCUT2D eigenvalue weighted by Crippen LogP contribution is 2.44. The van der Waals surface area contributed by atoms with Gasteiger partial charge in [0.2, 0.25) is 0 Å². The number of halogens is 1. The highest BCUT2D eigenvalue weighted by Gasteiger charge is 2.43. The fourth-order valence-electron chi connectivity index (χ4n) is 3.77. The number of carbonyl (C=O) groups is 1. The Kier molecular flexibility index (Phi) is 5.73. The summed E-state index contributed by atoms with van der Waals surface area (Å²) in [6.45, 7) is 0.171. The van der Waals surface area contributed by atoms with Crippen LogP contribution in [-0.4, -0.2) is 53.0 Å². The number of nitrogens with zero attached hydrogens (tertiary/aromatic N) is 3. The normalized spacial score (nSPS) is 15.5. The van der Waals surface area contributed by atoms with Crippen molar-refractivity contribution in [2.75, 3.05) is 20.8 Å². The molecule has 4 rings (SSSR count). The standard InChI is InChI=1S/C21H19ClN4O5/c1-30-16(31-2)11-25-20(14-5-3-4-6-15(14)22)17-18(23-24-19(17)21(25)27)12-7-9-13(10-8-12)26(28)29/h3-10,16,20H,11H2,1-2H3,(H,23,24). The zero-order valence-electron chi connectivity index (χ0n) is 16.7. The van der Waals surface area contributed by atoms with Crippen molar-refractivity contribution in [1.29, 1.82) is 0 Å². The third-order valence-corrected chi connectivity index (χ3v) is 5.63. The Labute approximate surface area is 182 Å². The monoisotopic (exact) mass is 442 g/mol. The first-order valence-electron chi connectivity index (χ1n) is 9.40. The van der Waals surface area contributed by atoms with Crippen molar-refractivity contribution < 1.29 is 19.2 Å². The van der Waals surface area contributed by atoms with Gasteiger partial charge in [0.25, 0.3) is 11.6 Å². The fraction of sp³-hybridized carbons (Fsp3) is 0.238. The van der Waals surface area contributed by atoms with Crippen LogP contribution in [0.5, 0.6) is 0 Å². The summed E-state index contributed by atoms with van der Waals surface area (Å²) in [5, 5.41) is 18.7. The minimum Gasteiger partial charge on any atom is -0.354 e. The quantitative estimate of drug-likeness (QED) is 0.338. The molecule has 0 radical (unpaired) electrons. The highest BCUT2D eigenvalue weighted by molar-refractivity contribution is 6.31. The van der Waals surface area contributed by atoms with Gasteiger partial charge in [-0.25, -0.2) is 0 Å². The van der Waals surface area contributed by atoms with Gasteiger partial charge < -0.3 is 14.4 Å². The molecule has 1 aliphatic heterocycles. The molecular weight excluding hydrogens is 424 g/mol. The molecule has 1 aromatic heterocycles. The van der Waals surface area contributed by atoms with Gasteiger partial charge in [0.1, 0.15) is 5.69 Å². The second-order valence-electron chi connectivity index (χ2n) is 6.95. The second-order valence-corrected chi connectivity index (χ2v) is 7.35. The van der Waals surface area contributed by atoms with Gasteiger partial charge in [-0.15, -0.1) is 0 Å². The van der Waals surface area contributed by atoms with Crippen LogP contribution >= 0.6 is 11.6 Å². The Morgan fingerprint density at radius 3 is 2.48 bits per heavy atom. The van der Waals surface area contributed by atoms with E-state index in [0.717, 1.165) is 5.56 Å². The van der Waals surface area contributed by atoms with Crippen LogP contribution < -0.4 is 0 Å². The van der Waals surface area contributed by atoms with E-state index in [1.165, 1.54) is 26.4 Å². The van der Waals surface area contributed by atoms with Gasteiger partial charge >= 0.3 is 0 Å². The van der Waals surface area contributed by atoms with Gasteiger partial charge in [-0.3, -0.25) is 20.0 Å². The molecule has 1 aliphatic rings. The Morgan fingerprint density at radius 1 is 1.19 bits per heavy atom. The maximum Gasteiger partial charge on any atom is 0.273 e. The number of benzene rings is 2. The van der Waals surface area contributed by atoms with E-state index in [1.807, 2.05) is 18.2 Å². The molecule has 10 heteroatoms. The third-order valence-electron chi connectivity index (χ3n) is 5.29. The minimum absolute atomic E-state index is 0.0284. The summed E-state index contributed by atoms with van der Waals surface area (Å²) in [5.74, 6) is -0.264. The first-order valence-corrected chi connectivity index (χ1v) is 9.78. The predicted molar refractivity (Wildman–Crippen MR) is 113 cm³/mol. The molecule has 31 heavy (non-hydrogen) atoms. The van der Waals surface area contributed by atoms with Crippen LogP contribution in [0.4, 0.5) is 5.69 Å². The molecule has 0 fully saturated rings. The maximum absolute atomic E-state index is 13.3. The molecule has 1 amide bonds. The zero-order valence-corrected chi connectivity index (χ0v) is 17.5. The fourth-order valence-corrected chi connectivity index (χ4v) is 4.01. The summed E-state index contributed by atoms with van der Waals surface area (Å²) in [7, 11) is 3.00. The van der Waals surface area contributed by atoms with Gasteiger partial charge in [0.05, 0.1) is 23.2 Å². The lowest BCUT2D eigenvalue weighted by Crippen LogP contribution is -2.38. The Balaban J connectivity index is 1.85. The van der Waals surface area contributed by atoms with E-state index >= 15 is 0 Å². The number of nitro benzene ring substituents is 1. The van der Waals surface area contributed by atoms with Gasteiger partial charge in [-0.2, -0.15) is 5.10 Å². The average molecular weight is 443 g/mol. The number of non-ortho nitro benzene ring substituents is 1. The number of carbonyl (C=O) groups excluding carboxylic acids is 1. The number of H-pyrrole nitrogens is 1. The highest BCUT2D eigenvalue weighted by atomic mass is 35.5. The molecule has 3 aromatic rings. The van der Waals surface area contributed by atoms with Crippen LogP contribution in [-0.2, 0) is 9.47 Å². The number of nitrogens with one attached hydrogen (secondary N) is 1. The van der Waals surface area contributed by atoms with Gasteiger partial charge in [-0.1, -0.05) is 29.8 Å². The SMILES string of the molecule is COC(CN1C(=O)c2[nH]nc(-c3ccc([N+](=O)[O-])cc3)c2C1c1ccccc1Cl)OC. The van der Waals surface area contributed by atoms with Gasteiger partial charge in [0.15, 0.2) is 6.29 Å². The van der Waals surface area contributed by atoms with Crippen molar-refractivity contribution in [2.24, 2.45) is 0 Å². The minimum atomic E-state index is -0.631. The number of aromatic amines is 1. The molecule has 9 nitrogen and oxygen atoms in total. The Morgan fingerprint density at radius 2 is 1.87 bits per heavy atom. The summed E-state index contributed by atoms with van der Waals surface area (Å²) in [5.41, 5.74) is 2.86. The van der Waals surface area contributed by atoms with E-state index in [0.29, 0.717) is 27.5 Å². The number of nitro groups is 1. The van der Waals surface area contributed by atoms with Crippen LogP contribution in [0.2, 0.25) is 5.02 Å². The van der Waals surface area contributed by atoms with Crippen molar-refractivity contribution in [2.45, 2.75) is 12.3 Å². The lowest BCUT2D eigenvalue weighted by molar-refractivity contribution is -0.384. The number of aromatic nitrogens is 2. The molecule has 0 bridgehead atoms. The summed E-state index contributed by atoms with van der Waals surface area (Å²) in [4.78, 5) is 25.4. The molecule has 2 aromatic carbocycles. The number of hydrogen-bond acceptors (Lipinski definition) is 6. The molecule has 1 atom stereocenters. The molecule has 0 spiro atoms. The van der Waals surface area contributed by atoms with Gasteiger partial charge in [0, 0.05) is 42.5 Å². The van der Waals surface area contributed by atoms with Crippen molar-refractivity contribution in [3.8, 4) is 11.3 Å². The van der Waals surface area contributed by atoms with Crippen LogP contribution in [0.1, 0.15) is 27.7 Å². The number of amides is 1. The number of fused-ring (bicyclic) bond motifs is 1. The number of ether oxygens (including phenoxy) is 2. The van der Waals surface area contributed by atoms with E-state index in [-0.39, 0.29) is 18.1 Å². The van der Waals surface area contributed by atoms with Crippen LogP contribution in [0.3, 0.4) is 0 Å². The maximum atomic E-state index is 13.3. The molecular formula is C21H19ClN4O5. The summed E-state index contributed by atoms with van der Waals surface area (Å²) in [6.07, 6.45) is -0.631. The number of methoxy groups -OCH3 is 2. The summed E-state index contributed by atoms with van der Waals surface area (Å²) >= 11 is 6.50. The first-order chi connectivity index (χ1) is 15.0. The molecule has 0 saturated carbocycles. The van der Waals surface area contributed by atoms with E-state index < -0.39 is 17.3 Å². The molecule has 0 saturated heterocycles. The Bertz CT molecular complexity index is 1130. The van der Waals surface area contributed by atoms with E-state index in [2.05, 4.69) is 10.2 Å². The first kappa shape index (κ1) is 21.0. The summed E-state index contributed by atoms with van der Waals surface area (Å²) in [6, 6.07) is 12.8. The van der Waals surface area contributed by atoms with Crippen molar-refractivity contribution >= 4 is 23.2 Å². The van der Waals surface area contributed by atoms with Crippen LogP contribution in [0, 0.1) is 10.1 Å². The van der Waals surface area contributed by atoms with Crippen molar-refractivity contribution in [3.05, 3.63) is 80.5 Å². The van der Waals surface area contributed by atoms with Crippen molar-refractivity contribution in [1.82, 2.24) is 15.1 Å². The zero-order chi connectivity index (χ0) is 22.1. The predicted octanol–water partition coefficient (Wildman–Crippen LogP) is 3.80. The molecule has 1 unspecified atom stereocenters. The topological polar surface area (TPSA) is 111 Å². The lowest BCUT2D eigenvalue weighted by Gasteiger charge is -2.29. The smallest absolute Gasteiger partial charge is 0.273 e. The Hall–Kier alpha value is -3.27. The lowest BCUT2D eigenvalue weighted by atomic mass is 9.96. The molecule has 160 valence electrons. The second kappa shape index (κ2) is 8.46. The van der Waals surface area contributed by atoms with E-state index in [4.69, 9.17) is 21.1 Å².